The van der Waals surface area contributed by atoms with Crippen LogP contribution in [0.3, 0.4) is 0 Å². The van der Waals surface area contributed by atoms with Gasteiger partial charge in [0.2, 0.25) is 0 Å². The zero-order valence-electron chi connectivity index (χ0n) is 8.00. The van der Waals surface area contributed by atoms with Gasteiger partial charge in [0.25, 0.3) is 0 Å². The smallest absolute Gasteiger partial charge is 0.0717 e. The zero-order valence-corrected chi connectivity index (χ0v) is 9.59. The van der Waals surface area contributed by atoms with Crippen LogP contribution >= 0.6 is 15.9 Å². The van der Waals surface area contributed by atoms with Crippen LogP contribution in [0.15, 0.2) is 28.7 Å². The first-order chi connectivity index (χ1) is 6.84. The van der Waals surface area contributed by atoms with Crippen LogP contribution < -0.4 is 5.32 Å². The molecule has 1 heterocycles. The monoisotopic (exact) mass is 255 g/mol. The van der Waals surface area contributed by atoms with E-state index in [1.54, 1.807) is 0 Å². The highest BCUT2D eigenvalue weighted by Crippen LogP contribution is 2.13. The standard InChI is InChI=1S/C11H14BrNO/c12-11-3-1-2-9(4-11)7-14-8-10-5-13-6-10/h1-4,10,13H,5-8H2. The lowest BCUT2D eigenvalue weighted by molar-refractivity contribution is 0.0689. The van der Waals surface area contributed by atoms with Gasteiger partial charge in [0.1, 0.15) is 0 Å². The van der Waals surface area contributed by atoms with E-state index in [9.17, 15) is 0 Å². The normalized spacial score (nSPS) is 16.6. The van der Waals surface area contributed by atoms with E-state index < -0.39 is 0 Å². The molecule has 0 spiro atoms. The van der Waals surface area contributed by atoms with Crippen molar-refractivity contribution in [2.24, 2.45) is 5.92 Å². The van der Waals surface area contributed by atoms with Crippen molar-refractivity contribution in [3.8, 4) is 0 Å². The first kappa shape index (κ1) is 10.1. The molecular formula is C11H14BrNO. The van der Waals surface area contributed by atoms with Crippen molar-refractivity contribution in [2.45, 2.75) is 6.61 Å². The van der Waals surface area contributed by atoms with E-state index in [-0.39, 0.29) is 0 Å². The second kappa shape index (κ2) is 4.91. The van der Waals surface area contributed by atoms with Gasteiger partial charge in [-0.05, 0) is 17.7 Å². The Labute approximate surface area is 92.8 Å². The first-order valence-corrected chi connectivity index (χ1v) is 5.67. The first-order valence-electron chi connectivity index (χ1n) is 4.87. The van der Waals surface area contributed by atoms with Gasteiger partial charge in [-0.25, -0.2) is 0 Å². The largest absolute Gasteiger partial charge is 0.376 e. The molecule has 1 aliphatic rings. The number of rotatable bonds is 4. The molecular weight excluding hydrogens is 242 g/mol. The van der Waals surface area contributed by atoms with Gasteiger partial charge >= 0.3 is 0 Å². The lowest BCUT2D eigenvalue weighted by Crippen LogP contribution is -2.44. The molecule has 76 valence electrons. The second-order valence-corrected chi connectivity index (χ2v) is 4.58. The Morgan fingerprint density at radius 3 is 2.93 bits per heavy atom. The molecule has 0 aromatic heterocycles. The Hall–Kier alpha value is -0.380. The molecule has 0 amide bonds. The van der Waals surface area contributed by atoms with Gasteiger partial charge in [-0.2, -0.15) is 0 Å². The van der Waals surface area contributed by atoms with Crippen LogP contribution in [0.5, 0.6) is 0 Å². The average Bonchev–Trinajstić information content (AvgIpc) is 2.09. The fraction of sp³-hybridized carbons (Fsp3) is 0.455. The van der Waals surface area contributed by atoms with Gasteiger partial charge in [0.05, 0.1) is 13.2 Å². The van der Waals surface area contributed by atoms with Crippen LogP contribution in [0, 0.1) is 5.92 Å². The van der Waals surface area contributed by atoms with Crippen LogP contribution in [0.1, 0.15) is 5.56 Å². The summed E-state index contributed by atoms with van der Waals surface area (Å²) in [5.74, 6) is 0.724. The molecule has 0 saturated carbocycles. The third-order valence-electron chi connectivity index (χ3n) is 2.38. The summed E-state index contributed by atoms with van der Waals surface area (Å²) in [7, 11) is 0. The highest BCUT2D eigenvalue weighted by atomic mass is 79.9. The zero-order chi connectivity index (χ0) is 9.80. The summed E-state index contributed by atoms with van der Waals surface area (Å²) in [4.78, 5) is 0. The Morgan fingerprint density at radius 1 is 1.43 bits per heavy atom. The molecule has 0 atom stereocenters. The van der Waals surface area contributed by atoms with Crippen molar-refractivity contribution >= 4 is 15.9 Å². The van der Waals surface area contributed by atoms with Crippen molar-refractivity contribution < 1.29 is 4.74 Å². The summed E-state index contributed by atoms with van der Waals surface area (Å²) >= 11 is 3.44. The van der Waals surface area contributed by atoms with E-state index in [0.29, 0.717) is 0 Å². The van der Waals surface area contributed by atoms with Crippen molar-refractivity contribution in [2.75, 3.05) is 19.7 Å². The summed E-state index contributed by atoms with van der Waals surface area (Å²) in [6, 6.07) is 8.25. The Balaban J connectivity index is 1.74. The number of nitrogens with one attached hydrogen (secondary N) is 1. The third-order valence-corrected chi connectivity index (χ3v) is 2.87. The fourth-order valence-corrected chi connectivity index (χ4v) is 1.88. The second-order valence-electron chi connectivity index (χ2n) is 3.67. The minimum Gasteiger partial charge on any atom is -0.376 e. The molecule has 14 heavy (non-hydrogen) atoms. The fourth-order valence-electron chi connectivity index (χ4n) is 1.44. The minimum absolute atomic E-state index is 0.718. The average molecular weight is 256 g/mol. The summed E-state index contributed by atoms with van der Waals surface area (Å²) in [5, 5.41) is 3.23. The number of hydrogen-bond donors (Lipinski definition) is 1. The maximum atomic E-state index is 5.62. The van der Waals surface area contributed by atoms with Gasteiger partial charge in [-0.1, -0.05) is 28.1 Å². The van der Waals surface area contributed by atoms with E-state index in [2.05, 4.69) is 33.4 Å². The molecule has 3 heteroatoms. The number of hydrogen-bond acceptors (Lipinski definition) is 2. The lowest BCUT2D eigenvalue weighted by atomic mass is 10.1. The molecule has 0 unspecified atom stereocenters. The Kier molecular flexibility index (Phi) is 3.56. The van der Waals surface area contributed by atoms with Gasteiger partial charge in [0.15, 0.2) is 0 Å². The van der Waals surface area contributed by atoms with Crippen molar-refractivity contribution in [3.63, 3.8) is 0 Å². The summed E-state index contributed by atoms with van der Waals surface area (Å²) in [6.45, 7) is 3.81. The van der Waals surface area contributed by atoms with Crippen LogP contribution in [-0.4, -0.2) is 19.7 Å². The van der Waals surface area contributed by atoms with Crippen molar-refractivity contribution in [1.29, 1.82) is 0 Å². The summed E-state index contributed by atoms with van der Waals surface area (Å²) < 4.78 is 6.73. The van der Waals surface area contributed by atoms with Crippen LogP contribution in [0.4, 0.5) is 0 Å². The molecule has 1 fully saturated rings. The Morgan fingerprint density at radius 2 is 2.29 bits per heavy atom. The summed E-state index contributed by atoms with van der Waals surface area (Å²) in [6.07, 6.45) is 0. The van der Waals surface area contributed by atoms with Gasteiger partial charge in [-0.15, -0.1) is 0 Å². The van der Waals surface area contributed by atoms with Crippen LogP contribution in [0.2, 0.25) is 0 Å². The minimum atomic E-state index is 0.718. The quantitative estimate of drug-likeness (QED) is 0.891. The van der Waals surface area contributed by atoms with E-state index in [1.807, 2.05) is 12.1 Å². The molecule has 2 rings (SSSR count). The van der Waals surface area contributed by atoms with Crippen molar-refractivity contribution in [1.82, 2.24) is 5.32 Å². The highest BCUT2D eigenvalue weighted by Gasteiger charge is 2.16. The van der Waals surface area contributed by atoms with E-state index in [0.717, 1.165) is 36.7 Å². The maximum Gasteiger partial charge on any atom is 0.0717 e. The SMILES string of the molecule is Brc1cccc(COCC2CNC2)c1. The van der Waals surface area contributed by atoms with E-state index in [4.69, 9.17) is 4.74 Å². The van der Waals surface area contributed by atoms with E-state index in [1.165, 1.54) is 5.56 Å². The molecule has 0 bridgehead atoms. The number of ether oxygens (including phenoxy) is 1. The predicted octanol–water partition coefficient (Wildman–Crippen LogP) is 2.19. The molecule has 0 aliphatic carbocycles. The van der Waals surface area contributed by atoms with Gasteiger partial charge < -0.3 is 10.1 Å². The summed E-state index contributed by atoms with van der Waals surface area (Å²) in [5.41, 5.74) is 1.23. The van der Waals surface area contributed by atoms with Crippen LogP contribution in [0.25, 0.3) is 0 Å². The highest BCUT2D eigenvalue weighted by molar-refractivity contribution is 9.10. The molecule has 1 aromatic carbocycles. The number of halogens is 1. The van der Waals surface area contributed by atoms with Gasteiger partial charge in [-0.3, -0.25) is 0 Å². The third kappa shape index (κ3) is 2.80. The van der Waals surface area contributed by atoms with Crippen molar-refractivity contribution in [3.05, 3.63) is 34.3 Å². The molecule has 1 N–H and O–H groups in total. The molecule has 1 aromatic rings. The molecule has 0 radical (unpaired) electrons. The molecule has 1 aliphatic heterocycles. The number of benzene rings is 1. The van der Waals surface area contributed by atoms with Crippen LogP contribution in [-0.2, 0) is 11.3 Å². The lowest BCUT2D eigenvalue weighted by Gasteiger charge is -2.26. The Bertz CT molecular complexity index is 299. The van der Waals surface area contributed by atoms with E-state index >= 15 is 0 Å². The molecule has 1 saturated heterocycles. The van der Waals surface area contributed by atoms with Gasteiger partial charge in [0, 0.05) is 23.5 Å². The maximum absolute atomic E-state index is 5.62. The predicted molar refractivity (Wildman–Crippen MR) is 60.2 cm³/mol. The molecule has 2 nitrogen and oxygen atoms in total. The topological polar surface area (TPSA) is 21.3 Å².